The first-order valence-electron chi connectivity index (χ1n) is 8.69. The fourth-order valence-electron chi connectivity index (χ4n) is 3.32. The second-order valence-corrected chi connectivity index (χ2v) is 8.58. The van der Waals surface area contributed by atoms with E-state index >= 15 is 0 Å². The highest BCUT2D eigenvalue weighted by atomic mass is 32.2. The Balaban J connectivity index is 2.00. The summed E-state index contributed by atoms with van der Waals surface area (Å²) in [5.41, 5.74) is 1.47. The molecule has 1 aliphatic rings. The molecule has 1 aromatic carbocycles. The van der Waals surface area contributed by atoms with Crippen LogP contribution in [0.2, 0.25) is 0 Å². The molecule has 0 amide bonds. The van der Waals surface area contributed by atoms with E-state index in [1.54, 1.807) is 19.1 Å². The molecule has 3 heterocycles. The maximum Gasteiger partial charge on any atom is 0.240 e. The normalized spacial score (nSPS) is 14.6. The zero-order valence-electron chi connectivity index (χ0n) is 14.9. The van der Waals surface area contributed by atoms with E-state index in [2.05, 4.69) is 27.5 Å². The Kier molecular flexibility index (Phi) is 4.18. The third-order valence-corrected chi connectivity index (χ3v) is 6.45. The topological polar surface area (TPSA) is 119 Å². The molecule has 0 saturated carbocycles. The summed E-state index contributed by atoms with van der Waals surface area (Å²) in [5, 5.41) is 13.6. The summed E-state index contributed by atoms with van der Waals surface area (Å²) in [4.78, 5) is 13.1. The number of aromatic nitrogens is 4. The first kappa shape index (κ1) is 17.6. The van der Waals surface area contributed by atoms with E-state index < -0.39 is 9.84 Å². The maximum atomic E-state index is 12.9. The van der Waals surface area contributed by atoms with Gasteiger partial charge in [0, 0.05) is 11.1 Å². The number of hydrogen-bond acceptors (Lipinski definition) is 7. The van der Waals surface area contributed by atoms with Crippen molar-refractivity contribution in [1.82, 2.24) is 20.6 Å². The molecule has 9 heteroatoms. The standard InChI is InChI=1S/C18H18N4O4S/c1-3-4-5-11-6-7-14-12(8-11)17-13(9-27(14,24)25)15(23)10(2)16(26-17)18-19-21-22-20-18/h6-8H,3-5,9H2,1-2H3,(H,19,20,21,22). The van der Waals surface area contributed by atoms with Gasteiger partial charge in [-0.05, 0) is 42.7 Å². The molecule has 0 saturated heterocycles. The number of fused-ring (bicyclic) bond motifs is 3. The number of benzene rings is 1. The largest absolute Gasteiger partial charge is 0.452 e. The Morgan fingerprint density at radius 3 is 2.78 bits per heavy atom. The lowest BCUT2D eigenvalue weighted by atomic mass is 10.00. The van der Waals surface area contributed by atoms with Gasteiger partial charge in [0.2, 0.25) is 5.82 Å². The van der Waals surface area contributed by atoms with E-state index in [1.807, 2.05) is 6.07 Å². The molecule has 0 atom stereocenters. The molecule has 0 aliphatic carbocycles. The number of hydrogen-bond donors (Lipinski definition) is 1. The lowest BCUT2D eigenvalue weighted by Gasteiger charge is -2.20. The van der Waals surface area contributed by atoms with Crippen LogP contribution in [0.5, 0.6) is 0 Å². The van der Waals surface area contributed by atoms with Gasteiger partial charge in [0.05, 0.1) is 16.2 Å². The van der Waals surface area contributed by atoms with E-state index in [9.17, 15) is 13.2 Å². The van der Waals surface area contributed by atoms with Gasteiger partial charge in [-0.15, -0.1) is 10.2 Å². The number of H-pyrrole nitrogens is 1. The number of aryl methyl sites for hydroxylation is 1. The summed E-state index contributed by atoms with van der Waals surface area (Å²) in [6.07, 6.45) is 2.85. The fourth-order valence-corrected chi connectivity index (χ4v) is 4.88. The number of nitrogens with one attached hydrogen (secondary N) is 1. The Labute approximate surface area is 155 Å². The van der Waals surface area contributed by atoms with Crippen LogP contribution in [-0.4, -0.2) is 29.0 Å². The SMILES string of the molecule is CCCCc1ccc2c(c1)-c1oc(-c3nn[nH]n3)c(C)c(=O)c1CS2(=O)=O. The van der Waals surface area contributed by atoms with Crippen molar-refractivity contribution < 1.29 is 12.8 Å². The lowest BCUT2D eigenvalue weighted by molar-refractivity contribution is 0.554. The fraction of sp³-hybridized carbons (Fsp3) is 0.333. The van der Waals surface area contributed by atoms with E-state index in [4.69, 9.17) is 4.42 Å². The van der Waals surface area contributed by atoms with E-state index in [0.717, 1.165) is 24.8 Å². The van der Waals surface area contributed by atoms with Gasteiger partial charge in [0.15, 0.2) is 21.0 Å². The highest BCUT2D eigenvalue weighted by Crippen LogP contribution is 2.39. The Bertz CT molecular complexity index is 1180. The van der Waals surface area contributed by atoms with E-state index in [-0.39, 0.29) is 44.5 Å². The Morgan fingerprint density at radius 1 is 1.26 bits per heavy atom. The van der Waals surface area contributed by atoms with Crippen molar-refractivity contribution in [3.05, 3.63) is 45.1 Å². The minimum absolute atomic E-state index is 0.153. The van der Waals surface area contributed by atoms with Crippen molar-refractivity contribution in [2.45, 2.75) is 43.8 Å². The smallest absolute Gasteiger partial charge is 0.240 e. The molecule has 3 aromatic rings. The van der Waals surface area contributed by atoms with Crippen LogP contribution in [0, 0.1) is 6.92 Å². The average molecular weight is 386 g/mol. The van der Waals surface area contributed by atoms with Crippen LogP contribution in [0.3, 0.4) is 0 Å². The van der Waals surface area contributed by atoms with Crippen LogP contribution < -0.4 is 5.43 Å². The van der Waals surface area contributed by atoms with Crippen LogP contribution in [0.25, 0.3) is 22.9 Å². The zero-order chi connectivity index (χ0) is 19.2. The van der Waals surface area contributed by atoms with Gasteiger partial charge in [0.1, 0.15) is 5.76 Å². The van der Waals surface area contributed by atoms with Crippen LogP contribution >= 0.6 is 0 Å². The Hall–Kier alpha value is -2.81. The van der Waals surface area contributed by atoms with Crippen molar-refractivity contribution in [2.75, 3.05) is 0 Å². The van der Waals surface area contributed by atoms with E-state index in [0.29, 0.717) is 5.56 Å². The number of sulfone groups is 1. The van der Waals surface area contributed by atoms with Crippen molar-refractivity contribution in [3.63, 3.8) is 0 Å². The van der Waals surface area contributed by atoms with Crippen molar-refractivity contribution in [3.8, 4) is 22.9 Å². The predicted molar refractivity (Wildman–Crippen MR) is 97.8 cm³/mol. The second kappa shape index (κ2) is 6.41. The Morgan fingerprint density at radius 2 is 2.07 bits per heavy atom. The van der Waals surface area contributed by atoms with Gasteiger partial charge in [-0.3, -0.25) is 4.79 Å². The molecule has 4 rings (SSSR count). The summed E-state index contributed by atoms with van der Waals surface area (Å²) in [6, 6.07) is 5.23. The van der Waals surface area contributed by atoms with Gasteiger partial charge in [-0.25, -0.2) is 8.42 Å². The molecular formula is C18H18N4O4S. The van der Waals surface area contributed by atoms with Crippen LogP contribution in [0.1, 0.15) is 36.5 Å². The van der Waals surface area contributed by atoms with Gasteiger partial charge in [-0.1, -0.05) is 19.4 Å². The summed E-state index contributed by atoms with van der Waals surface area (Å²) in [5.74, 6) is 0.245. The quantitative estimate of drug-likeness (QED) is 0.731. The number of nitrogens with zero attached hydrogens (tertiary/aromatic N) is 3. The first-order valence-corrected chi connectivity index (χ1v) is 10.3. The highest BCUT2D eigenvalue weighted by Gasteiger charge is 2.33. The van der Waals surface area contributed by atoms with Gasteiger partial charge in [-0.2, -0.15) is 5.21 Å². The summed E-state index contributed by atoms with van der Waals surface area (Å²) >= 11 is 0. The lowest BCUT2D eigenvalue weighted by Crippen LogP contribution is -2.23. The van der Waals surface area contributed by atoms with Crippen molar-refractivity contribution >= 4 is 9.84 Å². The number of aromatic amines is 1. The molecule has 1 aliphatic heterocycles. The molecular weight excluding hydrogens is 368 g/mol. The molecule has 0 fully saturated rings. The molecule has 140 valence electrons. The summed E-state index contributed by atoms with van der Waals surface area (Å²) in [6.45, 7) is 3.66. The molecule has 8 nitrogen and oxygen atoms in total. The van der Waals surface area contributed by atoms with Crippen molar-refractivity contribution in [1.29, 1.82) is 0 Å². The third kappa shape index (κ3) is 2.87. The van der Waals surface area contributed by atoms with Crippen LogP contribution in [0.15, 0.2) is 32.3 Å². The monoisotopic (exact) mass is 386 g/mol. The minimum atomic E-state index is -3.61. The minimum Gasteiger partial charge on any atom is -0.452 e. The highest BCUT2D eigenvalue weighted by molar-refractivity contribution is 7.90. The summed E-state index contributed by atoms with van der Waals surface area (Å²) < 4.78 is 31.4. The van der Waals surface area contributed by atoms with Crippen LogP contribution in [0.4, 0.5) is 0 Å². The van der Waals surface area contributed by atoms with Gasteiger partial charge < -0.3 is 4.42 Å². The molecule has 0 bridgehead atoms. The average Bonchev–Trinajstić information content (AvgIpc) is 3.17. The van der Waals surface area contributed by atoms with Crippen molar-refractivity contribution in [2.24, 2.45) is 0 Å². The third-order valence-electron chi connectivity index (χ3n) is 4.76. The molecule has 2 aromatic heterocycles. The second-order valence-electron chi connectivity index (χ2n) is 6.62. The molecule has 1 N–H and O–H groups in total. The summed E-state index contributed by atoms with van der Waals surface area (Å²) in [7, 11) is -3.61. The van der Waals surface area contributed by atoms with Gasteiger partial charge in [0.25, 0.3) is 0 Å². The molecule has 0 spiro atoms. The van der Waals surface area contributed by atoms with E-state index in [1.165, 1.54) is 0 Å². The first-order chi connectivity index (χ1) is 12.9. The molecule has 0 unspecified atom stereocenters. The van der Waals surface area contributed by atoms with Crippen LogP contribution in [-0.2, 0) is 22.0 Å². The molecule has 27 heavy (non-hydrogen) atoms. The maximum absolute atomic E-state index is 12.9. The van der Waals surface area contributed by atoms with Gasteiger partial charge >= 0.3 is 0 Å². The predicted octanol–water partition coefficient (Wildman–Crippen LogP) is 2.43. The number of tetrazole rings is 1. The molecule has 0 radical (unpaired) electrons. The number of rotatable bonds is 4. The number of unbranched alkanes of at least 4 members (excludes halogenated alkanes) is 1. The zero-order valence-corrected chi connectivity index (χ0v) is 15.8.